The van der Waals surface area contributed by atoms with E-state index in [4.69, 9.17) is 11.6 Å². The van der Waals surface area contributed by atoms with Crippen molar-refractivity contribution in [3.8, 4) is 0 Å². The highest BCUT2D eigenvalue weighted by atomic mass is 35.5. The third-order valence-corrected chi connectivity index (χ3v) is 5.93. The fourth-order valence-corrected chi connectivity index (χ4v) is 3.98. The first-order valence-corrected chi connectivity index (χ1v) is 12.4. The van der Waals surface area contributed by atoms with Crippen molar-refractivity contribution in [3.05, 3.63) is 0 Å². The van der Waals surface area contributed by atoms with E-state index in [9.17, 15) is 0 Å². The Morgan fingerprint density at radius 1 is 0.400 bits per heavy atom. The van der Waals surface area contributed by atoms with Gasteiger partial charge in [0.05, 0.1) is 0 Å². The molecule has 0 rings (SSSR count). The number of hydrogen-bond acceptors (Lipinski definition) is 0. The van der Waals surface area contributed by atoms with Crippen molar-refractivity contribution in [1.82, 2.24) is 0 Å². The van der Waals surface area contributed by atoms with Gasteiger partial charge in [-0.05, 0) is 12.8 Å². The Labute approximate surface area is 165 Å². The first-order valence-electron chi connectivity index (χ1n) is 11.9. The molecule has 0 spiro atoms. The third-order valence-electron chi connectivity index (χ3n) is 5.49. The van der Waals surface area contributed by atoms with Gasteiger partial charge in [-0.15, -0.1) is 11.6 Å². The molecule has 0 amide bonds. The summed E-state index contributed by atoms with van der Waals surface area (Å²) in [6, 6.07) is 0. The summed E-state index contributed by atoms with van der Waals surface area (Å²) in [4.78, 5) is 0. The van der Waals surface area contributed by atoms with Crippen LogP contribution in [0.3, 0.4) is 0 Å². The first-order chi connectivity index (χ1) is 12.3. The lowest BCUT2D eigenvalue weighted by molar-refractivity contribution is 0.523. The van der Waals surface area contributed by atoms with E-state index in [-0.39, 0.29) is 0 Å². The summed E-state index contributed by atoms with van der Waals surface area (Å²) in [5.74, 6) is 0. The maximum atomic E-state index is 6.49. The van der Waals surface area contributed by atoms with E-state index < -0.39 is 0 Å². The molecule has 0 aliphatic heterocycles. The third kappa shape index (κ3) is 22.2. The van der Waals surface area contributed by atoms with Crippen LogP contribution in [-0.4, -0.2) is 5.38 Å². The van der Waals surface area contributed by atoms with Gasteiger partial charge in [0, 0.05) is 5.38 Å². The lowest BCUT2D eigenvalue weighted by atomic mass is 10.0. The van der Waals surface area contributed by atoms with E-state index in [1.165, 1.54) is 135 Å². The van der Waals surface area contributed by atoms with Crippen molar-refractivity contribution in [1.29, 1.82) is 0 Å². The van der Waals surface area contributed by atoms with Crippen LogP contribution in [0.2, 0.25) is 0 Å². The van der Waals surface area contributed by atoms with Crippen LogP contribution < -0.4 is 0 Å². The van der Waals surface area contributed by atoms with Crippen molar-refractivity contribution in [2.24, 2.45) is 0 Å². The van der Waals surface area contributed by atoms with Crippen LogP contribution in [0.5, 0.6) is 0 Å². The second-order valence-corrected chi connectivity index (χ2v) is 8.80. The van der Waals surface area contributed by atoms with E-state index in [0.29, 0.717) is 5.38 Å². The largest absolute Gasteiger partial charge is 0.123 e. The molecule has 1 unspecified atom stereocenters. The zero-order valence-electron chi connectivity index (χ0n) is 17.8. The highest BCUT2D eigenvalue weighted by Crippen LogP contribution is 2.18. The van der Waals surface area contributed by atoms with E-state index in [0.717, 1.165) is 0 Å². The number of rotatable bonds is 21. The molecule has 1 heteroatoms. The van der Waals surface area contributed by atoms with Crippen LogP contribution in [0, 0.1) is 0 Å². The zero-order chi connectivity index (χ0) is 18.4. The normalized spacial score (nSPS) is 12.6. The minimum absolute atomic E-state index is 0.443. The van der Waals surface area contributed by atoms with E-state index >= 15 is 0 Å². The topological polar surface area (TPSA) is 0 Å². The summed E-state index contributed by atoms with van der Waals surface area (Å²) in [6.45, 7) is 4.58. The molecular weight excluding hydrogens is 324 g/mol. The van der Waals surface area contributed by atoms with Crippen LogP contribution in [-0.2, 0) is 0 Å². The van der Waals surface area contributed by atoms with Crippen molar-refractivity contribution in [3.63, 3.8) is 0 Å². The molecule has 0 heterocycles. The van der Waals surface area contributed by atoms with Gasteiger partial charge in [-0.2, -0.15) is 0 Å². The summed E-state index contributed by atoms with van der Waals surface area (Å²) in [5.41, 5.74) is 0. The van der Waals surface area contributed by atoms with Crippen LogP contribution in [0.25, 0.3) is 0 Å². The number of hydrogen-bond donors (Lipinski definition) is 0. The molecule has 25 heavy (non-hydrogen) atoms. The van der Waals surface area contributed by atoms with Gasteiger partial charge < -0.3 is 0 Å². The minimum Gasteiger partial charge on any atom is -0.123 e. The summed E-state index contributed by atoms with van der Waals surface area (Å²) < 4.78 is 0. The summed E-state index contributed by atoms with van der Waals surface area (Å²) in [5, 5.41) is 0.443. The number of alkyl halides is 1. The molecule has 0 saturated carbocycles. The minimum atomic E-state index is 0.443. The average Bonchev–Trinajstić information content (AvgIpc) is 2.62. The Morgan fingerprint density at radius 2 is 0.640 bits per heavy atom. The SMILES string of the molecule is CCCCCCCCCCCCC(Cl)CCCCCCCCCCC. The maximum absolute atomic E-state index is 6.49. The van der Waals surface area contributed by atoms with Gasteiger partial charge in [0.25, 0.3) is 0 Å². The monoisotopic (exact) mass is 372 g/mol. The molecule has 0 aromatic heterocycles. The highest BCUT2D eigenvalue weighted by molar-refractivity contribution is 6.20. The molecule has 152 valence electrons. The number of halogens is 1. The lowest BCUT2D eigenvalue weighted by Crippen LogP contribution is -1.98. The van der Waals surface area contributed by atoms with Crippen molar-refractivity contribution in [2.75, 3.05) is 0 Å². The van der Waals surface area contributed by atoms with Gasteiger partial charge in [0.2, 0.25) is 0 Å². The van der Waals surface area contributed by atoms with Crippen LogP contribution in [0.15, 0.2) is 0 Å². The molecule has 0 bridgehead atoms. The fourth-order valence-electron chi connectivity index (χ4n) is 3.67. The van der Waals surface area contributed by atoms with Gasteiger partial charge >= 0.3 is 0 Å². The molecule has 0 aromatic rings. The van der Waals surface area contributed by atoms with Crippen molar-refractivity contribution in [2.45, 2.75) is 154 Å². The molecule has 0 fully saturated rings. The van der Waals surface area contributed by atoms with E-state index in [1.54, 1.807) is 0 Å². The highest BCUT2D eigenvalue weighted by Gasteiger charge is 2.04. The van der Waals surface area contributed by atoms with Gasteiger partial charge in [-0.3, -0.25) is 0 Å². The zero-order valence-corrected chi connectivity index (χ0v) is 18.6. The molecule has 0 aliphatic rings. The standard InChI is InChI=1S/C24H49Cl/c1-3-5-7-9-11-13-15-17-19-21-23-24(25)22-20-18-16-14-12-10-8-6-4-2/h24H,3-23H2,1-2H3. The van der Waals surface area contributed by atoms with E-state index in [1.807, 2.05) is 0 Å². The molecular formula is C24H49Cl. The molecule has 0 N–H and O–H groups in total. The Balaban J connectivity index is 3.12. The smallest absolute Gasteiger partial charge is 0.0336 e. The summed E-state index contributed by atoms with van der Waals surface area (Å²) in [6.07, 6.45) is 29.4. The van der Waals surface area contributed by atoms with E-state index in [2.05, 4.69) is 13.8 Å². The quantitative estimate of drug-likeness (QED) is 0.139. The molecule has 0 aliphatic carbocycles. The molecule has 0 nitrogen and oxygen atoms in total. The van der Waals surface area contributed by atoms with Gasteiger partial charge in [-0.1, -0.05) is 136 Å². The predicted octanol–water partition coefficient (Wildman–Crippen LogP) is 9.83. The number of unbranched alkanes of at least 4 members (excludes halogenated alkanes) is 17. The van der Waals surface area contributed by atoms with Crippen molar-refractivity contribution >= 4 is 11.6 Å². The second-order valence-electron chi connectivity index (χ2n) is 8.19. The Morgan fingerprint density at radius 3 is 0.920 bits per heavy atom. The Kier molecular flexibility index (Phi) is 22.6. The maximum Gasteiger partial charge on any atom is 0.0336 e. The summed E-state index contributed by atoms with van der Waals surface area (Å²) in [7, 11) is 0. The second kappa shape index (κ2) is 22.3. The lowest BCUT2D eigenvalue weighted by Gasteiger charge is -2.09. The molecule has 0 saturated heterocycles. The van der Waals surface area contributed by atoms with Crippen LogP contribution in [0.1, 0.15) is 149 Å². The van der Waals surface area contributed by atoms with Gasteiger partial charge in [-0.25, -0.2) is 0 Å². The fraction of sp³-hybridized carbons (Fsp3) is 1.00. The Bertz CT molecular complexity index is 226. The van der Waals surface area contributed by atoms with Gasteiger partial charge in [0.1, 0.15) is 0 Å². The Hall–Kier alpha value is 0.290. The van der Waals surface area contributed by atoms with Crippen LogP contribution >= 0.6 is 11.6 Å². The first kappa shape index (κ1) is 25.3. The van der Waals surface area contributed by atoms with Crippen LogP contribution in [0.4, 0.5) is 0 Å². The average molecular weight is 373 g/mol. The van der Waals surface area contributed by atoms with Crippen molar-refractivity contribution < 1.29 is 0 Å². The molecule has 0 radical (unpaired) electrons. The predicted molar refractivity (Wildman–Crippen MR) is 118 cm³/mol. The molecule has 1 atom stereocenters. The van der Waals surface area contributed by atoms with Gasteiger partial charge in [0.15, 0.2) is 0 Å². The molecule has 0 aromatic carbocycles. The summed E-state index contributed by atoms with van der Waals surface area (Å²) >= 11 is 6.49.